The molecular formula is C6H14NOP. The summed E-state index contributed by atoms with van der Waals surface area (Å²) in [5.74, 6) is 0. The lowest BCUT2D eigenvalue weighted by Gasteiger charge is -2.28. The zero-order valence-electron chi connectivity index (χ0n) is 5.84. The van der Waals surface area contributed by atoms with E-state index in [-0.39, 0.29) is 0 Å². The summed E-state index contributed by atoms with van der Waals surface area (Å²) >= 11 is 0. The summed E-state index contributed by atoms with van der Waals surface area (Å²) in [5.41, 5.74) is 0. The van der Waals surface area contributed by atoms with Crippen molar-refractivity contribution in [2.45, 2.75) is 19.4 Å². The van der Waals surface area contributed by atoms with Gasteiger partial charge in [-0.05, 0) is 6.42 Å². The maximum Gasteiger partial charge on any atom is 0.0703 e. The minimum atomic E-state index is 0.469. The van der Waals surface area contributed by atoms with Crippen molar-refractivity contribution in [2.75, 3.05) is 19.7 Å². The standard InChI is InChI=1S/C6H14NOP/c1-2-6-5-7(9)3-4-8-6/h6H,2-5,9H2,1H3. The Morgan fingerprint density at radius 3 is 3.00 bits per heavy atom. The highest BCUT2D eigenvalue weighted by molar-refractivity contribution is 7.13. The molecule has 0 aromatic heterocycles. The number of morpholine rings is 1. The molecule has 2 nitrogen and oxygen atoms in total. The fourth-order valence-electron chi connectivity index (χ4n) is 0.989. The molecule has 0 amide bonds. The zero-order valence-corrected chi connectivity index (χ0v) is 6.99. The van der Waals surface area contributed by atoms with E-state index in [4.69, 9.17) is 4.74 Å². The topological polar surface area (TPSA) is 12.5 Å². The molecule has 1 rings (SSSR count). The third-order valence-corrected chi connectivity index (χ3v) is 2.09. The van der Waals surface area contributed by atoms with Gasteiger partial charge in [0.1, 0.15) is 0 Å². The smallest absolute Gasteiger partial charge is 0.0703 e. The van der Waals surface area contributed by atoms with Crippen molar-refractivity contribution in [3.05, 3.63) is 0 Å². The SMILES string of the molecule is CCC1CN(P)CCO1. The van der Waals surface area contributed by atoms with E-state index in [0.29, 0.717) is 6.10 Å². The Bertz CT molecular complexity index is 89.1. The molecule has 3 heteroatoms. The minimum Gasteiger partial charge on any atom is -0.376 e. The molecule has 0 radical (unpaired) electrons. The monoisotopic (exact) mass is 147 g/mol. The Labute approximate surface area is 58.8 Å². The number of ether oxygens (including phenoxy) is 1. The summed E-state index contributed by atoms with van der Waals surface area (Å²) in [6.45, 7) is 5.18. The van der Waals surface area contributed by atoms with Crippen molar-refractivity contribution in [1.82, 2.24) is 4.67 Å². The van der Waals surface area contributed by atoms with Crippen LogP contribution < -0.4 is 0 Å². The lowest BCUT2D eigenvalue weighted by molar-refractivity contribution is -0.0000859. The van der Waals surface area contributed by atoms with Gasteiger partial charge in [-0.3, -0.25) is 4.67 Å². The first-order valence-corrected chi connectivity index (χ1v) is 3.96. The van der Waals surface area contributed by atoms with Crippen LogP contribution in [0.4, 0.5) is 0 Å². The van der Waals surface area contributed by atoms with Crippen LogP contribution in [0, 0.1) is 0 Å². The van der Waals surface area contributed by atoms with Gasteiger partial charge in [0.15, 0.2) is 0 Å². The Hall–Kier alpha value is 0.350. The largest absolute Gasteiger partial charge is 0.376 e. The van der Waals surface area contributed by atoms with E-state index in [1.165, 1.54) is 0 Å². The molecule has 1 saturated heterocycles. The maximum atomic E-state index is 5.44. The lowest BCUT2D eigenvalue weighted by atomic mass is 10.2. The van der Waals surface area contributed by atoms with Crippen molar-refractivity contribution in [1.29, 1.82) is 0 Å². The Balaban J connectivity index is 2.23. The summed E-state index contributed by atoms with van der Waals surface area (Å²) in [5, 5.41) is 0. The Morgan fingerprint density at radius 1 is 1.78 bits per heavy atom. The number of hydrogen-bond acceptors (Lipinski definition) is 2. The third-order valence-electron chi connectivity index (χ3n) is 1.63. The van der Waals surface area contributed by atoms with Gasteiger partial charge in [-0.2, -0.15) is 0 Å². The molecule has 1 aliphatic rings. The Morgan fingerprint density at radius 2 is 2.56 bits per heavy atom. The minimum absolute atomic E-state index is 0.469. The Kier molecular flexibility index (Phi) is 2.90. The van der Waals surface area contributed by atoms with Crippen LogP contribution in [-0.4, -0.2) is 30.5 Å². The molecule has 9 heavy (non-hydrogen) atoms. The van der Waals surface area contributed by atoms with Crippen molar-refractivity contribution in [3.63, 3.8) is 0 Å². The highest BCUT2D eigenvalue weighted by Crippen LogP contribution is 2.10. The first kappa shape index (κ1) is 7.46. The molecule has 0 aromatic carbocycles. The van der Waals surface area contributed by atoms with Gasteiger partial charge in [0.05, 0.1) is 12.7 Å². The molecule has 54 valence electrons. The van der Waals surface area contributed by atoms with Gasteiger partial charge in [-0.1, -0.05) is 16.3 Å². The molecule has 0 saturated carbocycles. The molecule has 0 aliphatic carbocycles. The zero-order chi connectivity index (χ0) is 6.69. The molecular weight excluding hydrogens is 133 g/mol. The predicted molar refractivity (Wildman–Crippen MR) is 41.3 cm³/mol. The fourth-order valence-corrected chi connectivity index (χ4v) is 1.33. The van der Waals surface area contributed by atoms with Gasteiger partial charge in [0.2, 0.25) is 0 Å². The second-order valence-corrected chi connectivity index (χ2v) is 3.13. The molecule has 2 atom stereocenters. The summed E-state index contributed by atoms with van der Waals surface area (Å²) in [6.07, 6.45) is 1.60. The van der Waals surface area contributed by atoms with Crippen molar-refractivity contribution >= 4 is 9.39 Å². The quantitative estimate of drug-likeness (QED) is 0.511. The van der Waals surface area contributed by atoms with Gasteiger partial charge in [-0.15, -0.1) is 0 Å². The van der Waals surface area contributed by atoms with Crippen molar-refractivity contribution < 1.29 is 4.74 Å². The van der Waals surface area contributed by atoms with Crippen LogP contribution in [0.3, 0.4) is 0 Å². The van der Waals surface area contributed by atoms with Crippen LogP contribution >= 0.6 is 9.39 Å². The molecule has 0 bridgehead atoms. The average Bonchev–Trinajstić information content (AvgIpc) is 1.88. The molecule has 0 spiro atoms. The summed E-state index contributed by atoms with van der Waals surface area (Å²) < 4.78 is 7.68. The van der Waals surface area contributed by atoms with Gasteiger partial charge in [-0.25, -0.2) is 0 Å². The van der Waals surface area contributed by atoms with Crippen LogP contribution in [0.5, 0.6) is 0 Å². The summed E-state index contributed by atoms with van der Waals surface area (Å²) in [4.78, 5) is 0. The van der Waals surface area contributed by atoms with Gasteiger partial charge < -0.3 is 4.74 Å². The first-order valence-electron chi connectivity index (χ1n) is 3.44. The van der Waals surface area contributed by atoms with Crippen molar-refractivity contribution in [2.24, 2.45) is 0 Å². The van der Waals surface area contributed by atoms with Crippen LogP contribution in [0.15, 0.2) is 0 Å². The molecule has 2 unspecified atom stereocenters. The summed E-state index contributed by atoms with van der Waals surface area (Å²) in [7, 11) is 2.71. The second-order valence-electron chi connectivity index (χ2n) is 2.40. The van der Waals surface area contributed by atoms with E-state index in [0.717, 1.165) is 26.1 Å². The third kappa shape index (κ3) is 2.21. The lowest BCUT2D eigenvalue weighted by Crippen LogP contribution is -2.36. The molecule has 1 fully saturated rings. The molecule has 0 aromatic rings. The number of hydrogen-bond donors (Lipinski definition) is 0. The van der Waals surface area contributed by atoms with Crippen LogP contribution in [0.2, 0.25) is 0 Å². The normalized spacial score (nSPS) is 30.7. The number of nitrogens with zero attached hydrogens (tertiary/aromatic N) is 1. The predicted octanol–water partition coefficient (Wildman–Crippen LogP) is 0.887. The van der Waals surface area contributed by atoms with Gasteiger partial charge >= 0.3 is 0 Å². The van der Waals surface area contributed by atoms with Crippen LogP contribution in [0.25, 0.3) is 0 Å². The maximum absolute atomic E-state index is 5.44. The van der Waals surface area contributed by atoms with E-state index in [2.05, 4.69) is 21.0 Å². The van der Waals surface area contributed by atoms with E-state index < -0.39 is 0 Å². The van der Waals surface area contributed by atoms with E-state index in [9.17, 15) is 0 Å². The number of rotatable bonds is 1. The van der Waals surface area contributed by atoms with Gasteiger partial charge in [0, 0.05) is 13.1 Å². The van der Waals surface area contributed by atoms with Crippen LogP contribution in [-0.2, 0) is 4.74 Å². The first-order chi connectivity index (χ1) is 4.33. The highest BCUT2D eigenvalue weighted by Gasteiger charge is 2.14. The van der Waals surface area contributed by atoms with Gasteiger partial charge in [0.25, 0.3) is 0 Å². The summed E-state index contributed by atoms with van der Waals surface area (Å²) in [6, 6.07) is 0. The molecule has 0 N–H and O–H groups in total. The van der Waals surface area contributed by atoms with Crippen LogP contribution in [0.1, 0.15) is 13.3 Å². The van der Waals surface area contributed by atoms with E-state index in [1.807, 2.05) is 0 Å². The van der Waals surface area contributed by atoms with Crippen molar-refractivity contribution in [3.8, 4) is 0 Å². The highest BCUT2D eigenvalue weighted by atomic mass is 31.0. The van der Waals surface area contributed by atoms with E-state index in [1.54, 1.807) is 0 Å². The molecule has 1 aliphatic heterocycles. The fraction of sp³-hybridized carbons (Fsp3) is 1.00. The molecule has 1 heterocycles. The average molecular weight is 147 g/mol. The second kappa shape index (κ2) is 3.50. The van der Waals surface area contributed by atoms with E-state index >= 15 is 0 Å².